The average Bonchev–Trinajstić information content (AvgIpc) is 2.61. The number of para-hydroxylation sites is 2. The van der Waals surface area contributed by atoms with E-state index in [1.54, 1.807) is 12.1 Å². The Hall–Kier alpha value is -2.43. The van der Waals surface area contributed by atoms with E-state index < -0.39 is 38.0 Å². The summed E-state index contributed by atoms with van der Waals surface area (Å²) in [7, 11) is -2.99. The topological polar surface area (TPSA) is 110 Å². The maximum Gasteiger partial charge on any atom is 0.289 e. The predicted octanol–water partition coefficient (Wildman–Crippen LogP) is 2.58. The van der Waals surface area contributed by atoms with Gasteiger partial charge in [-0.25, -0.2) is 8.42 Å². The van der Waals surface area contributed by atoms with Crippen molar-refractivity contribution in [3.05, 3.63) is 58.6 Å². The van der Waals surface area contributed by atoms with Gasteiger partial charge in [0.2, 0.25) is 15.9 Å². The first kappa shape index (κ1) is 19.9. The van der Waals surface area contributed by atoms with Crippen LogP contribution in [0.5, 0.6) is 0 Å². The molecule has 0 radical (unpaired) electrons. The van der Waals surface area contributed by atoms with Gasteiger partial charge in [0, 0.05) is 18.0 Å². The van der Waals surface area contributed by atoms with Gasteiger partial charge in [-0.3, -0.25) is 14.9 Å². The number of likely N-dealkylation sites (N-methyl/N-ethyl adjacent to an activating group) is 1. The zero-order valence-corrected chi connectivity index (χ0v) is 15.7. The molecular formula is C16H17N3O5S2. The van der Waals surface area contributed by atoms with Gasteiger partial charge < -0.3 is 5.32 Å². The first-order chi connectivity index (χ1) is 12.3. The van der Waals surface area contributed by atoms with Crippen molar-refractivity contribution in [2.75, 3.05) is 25.2 Å². The van der Waals surface area contributed by atoms with E-state index in [2.05, 4.69) is 5.32 Å². The Morgan fingerprint density at radius 3 is 2.46 bits per heavy atom. The van der Waals surface area contributed by atoms with E-state index in [9.17, 15) is 23.3 Å². The summed E-state index contributed by atoms with van der Waals surface area (Å²) in [5, 5.41) is 13.7. The molecule has 0 spiro atoms. The molecule has 0 saturated carbocycles. The lowest BCUT2D eigenvalue weighted by Crippen LogP contribution is -2.35. The third-order valence-electron chi connectivity index (χ3n) is 3.50. The molecule has 0 atom stereocenters. The Labute approximate surface area is 155 Å². The number of nitrogens with zero attached hydrogens (tertiary/aromatic N) is 2. The predicted molar refractivity (Wildman–Crippen MR) is 99.8 cm³/mol. The average molecular weight is 395 g/mol. The number of hydrogen-bond donors (Lipinski definition) is 1. The van der Waals surface area contributed by atoms with Crippen molar-refractivity contribution in [3.8, 4) is 0 Å². The summed E-state index contributed by atoms with van der Waals surface area (Å²) in [4.78, 5) is 22.9. The highest BCUT2D eigenvalue weighted by molar-refractivity contribution is 7.98. The molecule has 1 N–H and O–H groups in total. The molecule has 0 aromatic heterocycles. The number of carbonyl (C=O) groups is 1. The monoisotopic (exact) mass is 395 g/mol. The molecular weight excluding hydrogens is 378 g/mol. The summed E-state index contributed by atoms with van der Waals surface area (Å²) in [6, 6.07) is 12.1. The summed E-state index contributed by atoms with van der Waals surface area (Å²) in [5.74, 6) is -0.545. The molecule has 2 aromatic carbocycles. The van der Waals surface area contributed by atoms with E-state index in [1.165, 1.54) is 30.9 Å². The zero-order chi connectivity index (χ0) is 19.3. The van der Waals surface area contributed by atoms with Gasteiger partial charge in [-0.15, -0.1) is 11.8 Å². The number of nitrogens with one attached hydrogen (secondary N) is 1. The Morgan fingerprint density at radius 1 is 1.19 bits per heavy atom. The molecule has 8 nitrogen and oxygen atoms in total. The van der Waals surface area contributed by atoms with Gasteiger partial charge in [0.05, 0.1) is 17.2 Å². The lowest BCUT2D eigenvalue weighted by atomic mass is 10.3. The van der Waals surface area contributed by atoms with Crippen LogP contribution < -0.4 is 5.32 Å². The Kier molecular flexibility index (Phi) is 6.35. The number of nitro benzene ring substituents is 1. The minimum Gasteiger partial charge on any atom is -0.324 e. The van der Waals surface area contributed by atoms with Gasteiger partial charge in [-0.2, -0.15) is 4.31 Å². The molecule has 2 rings (SSSR count). The highest BCUT2D eigenvalue weighted by atomic mass is 32.2. The molecule has 0 aliphatic heterocycles. The van der Waals surface area contributed by atoms with Crippen LogP contribution in [0.1, 0.15) is 0 Å². The minimum atomic E-state index is -4.19. The summed E-state index contributed by atoms with van der Waals surface area (Å²) in [6.07, 6.45) is 1.86. The number of sulfonamides is 1. The van der Waals surface area contributed by atoms with E-state index in [0.29, 0.717) is 5.69 Å². The van der Waals surface area contributed by atoms with Gasteiger partial charge in [0.25, 0.3) is 5.69 Å². The number of rotatable bonds is 7. The lowest BCUT2D eigenvalue weighted by molar-refractivity contribution is -0.387. The molecule has 0 heterocycles. The normalized spacial score (nSPS) is 11.3. The number of amides is 1. The Balaban J connectivity index is 2.19. The highest BCUT2D eigenvalue weighted by Crippen LogP contribution is 2.26. The standard InChI is InChI=1S/C16H17N3O5S2/c1-18(11-16(20)17-12-7-3-5-9-14(12)25-2)26(23,24)15-10-6-4-8-13(15)19(21)22/h3-10H,11H2,1-2H3,(H,17,20). The van der Waals surface area contributed by atoms with Crippen LogP contribution in [0.4, 0.5) is 11.4 Å². The van der Waals surface area contributed by atoms with E-state index in [0.717, 1.165) is 21.3 Å². The van der Waals surface area contributed by atoms with Gasteiger partial charge >= 0.3 is 0 Å². The molecule has 0 aliphatic carbocycles. The number of carbonyl (C=O) groups excluding carboxylic acids is 1. The van der Waals surface area contributed by atoms with Crippen LogP contribution in [0, 0.1) is 10.1 Å². The van der Waals surface area contributed by atoms with E-state index in [1.807, 2.05) is 18.4 Å². The summed E-state index contributed by atoms with van der Waals surface area (Å²) in [6.45, 7) is -0.475. The molecule has 0 saturated heterocycles. The van der Waals surface area contributed by atoms with Crippen LogP contribution >= 0.6 is 11.8 Å². The second-order valence-electron chi connectivity index (χ2n) is 5.23. The molecule has 0 fully saturated rings. The highest BCUT2D eigenvalue weighted by Gasteiger charge is 2.30. The Morgan fingerprint density at radius 2 is 1.81 bits per heavy atom. The van der Waals surface area contributed by atoms with Crippen molar-refractivity contribution < 1.29 is 18.1 Å². The van der Waals surface area contributed by atoms with Gasteiger partial charge in [-0.1, -0.05) is 24.3 Å². The third-order valence-corrected chi connectivity index (χ3v) is 6.14. The molecule has 10 heteroatoms. The minimum absolute atomic E-state index is 0.454. The van der Waals surface area contributed by atoms with Crippen molar-refractivity contribution >= 4 is 39.1 Å². The maximum absolute atomic E-state index is 12.6. The molecule has 138 valence electrons. The third kappa shape index (κ3) is 4.40. The first-order valence-electron chi connectivity index (χ1n) is 7.40. The van der Waals surface area contributed by atoms with Gasteiger partial charge in [0.15, 0.2) is 4.90 Å². The molecule has 0 bridgehead atoms. The summed E-state index contributed by atoms with van der Waals surface area (Å²) < 4.78 is 26.0. The number of hydrogen-bond acceptors (Lipinski definition) is 6. The van der Waals surface area contributed by atoms with Crippen molar-refractivity contribution in [1.29, 1.82) is 0 Å². The van der Waals surface area contributed by atoms with Crippen molar-refractivity contribution in [1.82, 2.24) is 4.31 Å². The fourth-order valence-corrected chi connectivity index (χ4v) is 4.05. The molecule has 26 heavy (non-hydrogen) atoms. The summed E-state index contributed by atoms with van der Waals surface area (Å²) in [5.41, 5.74) is 0.0361. The molecule has 0 aliphatic rings. The van der Waals surface area contributed by atoms with Crippen LogP contribution in [-0.2, 0) is 14.8 Å². The molecule has 2 aromatic rings. The van der Waals surface area contributed by atoms with Crippen LogP contribution in [0.2, 0.25) is 0 Å². The number of thioether (sulfide) groups is 1. The fourth-order valence-electron chi connectivity index (χ4n) is 2.22. The van der Waals surface area contributed by atoms with Crippen LogP contribution in [-0.4, -0.2) is 43.4 Å². The van der Waals surface area contributed by atoms with E-state index in [4.69, 9.17) is 0 Å². The Bertz CT molecular complexity index is 931. The first-order valence-corrected chi connectivity index (χ1v) is 10.1. The number of nitro groups is 1. The second-order valence-corrected chi connectivity index (χ2v) is 8.10. The quantitative estimate of drug-likeness (QED) is 0.438. The van der Waals surface area contributed by atoms with Gasteiger partial charge in [-0.05, 0) is 24.5 Å². The van der Waals surface area contributed by atoms with Crippen molar-refractivity contribution in [2.45, 2.75) is 9.79 Å². The van der Waals surface area contributed by atoms with E-state index in [-0.39, 0.29) is 0 Å². The summed E-state index contributed by atoms with van der Waals surface area (Å²) >= 11 is 1.44. The van der Waals surface area contributed by atoms with Crippen LogP contribution in [0.3, 0.4) is 0 Å². The maximum atomic E-state index is 12.6. The van der Waals surface area contributed by atoms with Crippen LogP contribution in [0.15, 0.2) is 58.3 Å². The SMILES string of the molecule is CSc1ccccc1NC(=O)CN(C)S(=O)(=O)c1ccccc1[N+](=O)[O-]. The number of benzene rings is 2. The second kappa shape index (κ2) is 8.30. The lowest BCUT2D eigenvalue weighted by Gasteiger charge is -2.17. The molecule has 1 amide bonds. The fraction of sp³-hybridized carbons (Fsp3) is 0.188. The van der Waals surface area contributed by atoms with Crippen LogP contribution in [0.25, 0.3) is 0 Å². The van der Waals surface area contributed by atoms with E-state index >= 15 is 0 Å². The smallest absolute Gasteiger partial charge is 0.289 e. The largest absolute Gasteiger partial charge is 0.324 e. The van der Waals surface area contributed by atoms with Crippen molar-refractivity contribution in [3.63, 3.8) is 0 Å². The zero-order valence-electron chi connectivity index (χ0n) is 14.1. The molecule has 0 unspecified atom stereocenters. The van der Waals surface area contributed by atoms with Gasteiger partial charge in [0.1, 0.15) is 0 Å². The number of anilines is 1. The van der Waals surface area contributed by atoms with Crippen molar-refractivity contribution in [2.24, 2.45) is 0 Å².